The van der Waals surface area contributed by atoms with Gasteiger partial charge in [-0.2, -0.15) is 5.10 Å². The summed E-state index contributed by atoms with van der Waals surface area (Å²) >= 11 is 0. The molecule has 2 bridgehead atoms. The van der Waals surface area contributed by atoms with Crippen LogP contribution in [0.4, 0.5) is 0 Å². The van der Waals surface area contributed by atoms with E-state index in [-0.39, 0.29) is 17.9 Å². The van der Waals surface area contributed by atoms with Crippen LogP contribution < -0.4 is 5.32 Å². The Morgan fingerprint density at radius 2 is 2.44 bits per heavy atom. The van der Waals surface area contributed by atoms with Gasteiger partial charge in [0.15, 0.2) is 5.84 Å². The predicted octanol–water partition coefficient (Wildman–Crippen LogP) is -0.202. The molecule has 18 heavy (non-hydrogen) atoms. The third-order valence-corrected chi connectivity index (χ3v) is 3.81. The van der Waals surface area contributed by atoms with Gasteiger partial charge in [0.2, 0.25) is 5.91 Å². The van der Waals surface area contributed by atoms with Gasteiger partial charge in [-0.25, -0.2) is 0 Å². The van der Waals surface area contributed by atoms with Gasteiger partial charge in [-0.05, 0) is 0 Å². The van der Waals surface area contributed by atoms with Gasteiger partial charge in [0.25, 0.3) is 0 Å². The van der Waals surface area contributed by atoms with E-state index in [4.69, 9.17) is 5.21 Å². The first kappa shape index (κ1) is 11.1. The van der Waals surface area contributed by atoms with Crippen molar-refractivity contribution in [3.05, 3.63) is 17.5 Å². The number of hydrogen-bond acceptors (Lipinski definition) is 4. The van der Waals surface area contributed by atoms with Crippen molar-refractivity contribution < 1.29 is 10.0 Å². The summed E-state index contributed by atoms with van der Waals surface area (Å²) < 4.78 is 1.75. The van der Waals surface area contributed by atoms with Crippen LogP contribution >= 0.6 is 0 Å². The summed E-state index contributed by atoms with van der Waals surface area (Å²) in [6.07, 6.45) is 2.32. The summed E-state index contributed by atoms with van der Waals surface area (Å²) in [6.45, 7) is 0.670. The van der Waals surface area contributed by atoms with Crippen molar-refractivity contribution in [2.75, 3.05) is 13.6 Å². The second-order valence-electron chi connectivity index (χ2n) is 4.69. The number of fused-ring (bicyclic) bond motifs is 4. The Hall–Kier alpha value is -2.05. The molecule has 1 saturated heterocycles. The smallest absolute Gasteiger partial charge is 0.224 e. The number of carbonyl (C=O) groups is 1. The highest BCUT2D eigenvalue weighted by molar-refractivity contribution is 5.94. The molecule has 2 atom stereocenters. The molecular formula is C11H15N5O2. The lowest BCUT2D eigenvalue weighted by Crippen LogP contribution is -2.43. The fraction of sp³-hybridized carbons (Fsp3) is 0.545. The van der Waals surface area contributed by atoms with Crippen molar-refractivity contribution in [1.82, 2.24) is 20.0 Å². The zero-order chi connectivity index (χ0) is 12.9. The van der Waals surface area contributed by atoms with Crippen LogP contribution in [0.1, 0.15) is 29.6 Å². The highest BCUT2D eigenvalue weighted by Crippen LogP contribution is 2.42. The molecule has 3 heterocycles. The van der Waals surface area contributed by atoms with E-state index >= 15 is 0 Å². The normalized spacial score (nSPS) is 26.4. The molecule has 0 unspecified atom stereocenters. The van der Waals surface area contributed by atoms with E-state index in [0.29, 0.717) is 18.8 Å². The van der Waals surface area contributed by atoms with Crippen molar-refractivity contribution in [3.8, 4) is 0 Å². The van der Waals surface area contributed by atoms with Crippen LogP contribution in [0.25, 0.3) is 0 Å². The summed E-state index contributed by atoms with van der Waals surface area (Å²) in [5, 5.41) is 19.5. The van der Waals surface area contributed by atoms with Gasteiger partial charge in [0.1, 0.15) is 6.04 Å². The van der Waals surface area contributed by atoms with Crippen LogP contribution in [0, 0.1) is 0 Å². The number of aryl methyl sites for hydroxylation is 1. The zero-order valence-corrected chi connectivity index (χ0v) is 10.3. The fourth-order valence-corrected chi connectivity index (χ4v) is 2.97. The molecule has 1 aromatic rings. The van der Waals surface area contributed by atoms with E-state index in [1.54, 1.807) is 16.6 Å². The summed E-state index contributed by atoms with van der Waals surface area (Å²) in [7, 11) is 3.52. The lowest BCUT2D eigenvalue weighted by Gasteiger charge is -2.32. The Labute approximate surface area is 104 Å². The Balaban J connectivity index is 2.17. The number of nitrogens with one attached hydrogen (secondary N) is 1. The number of oxime groups is 1. The molecule has 1 amide bonds. The minimum absolute atomic E-state index is 0.0950. The van der Waals surface area contributed by atoms with E-state index < -0.39 is 0 Å². The van der Waals surface area contributed by atoms with Crippen LogP contribution in [-0.4, -0.2) is 45.2 Å². The molecule has 2 aliphatic rings. The number of rotatable bonds is 1. The average molecular weight is 249 g/mol. The average Bonchev–Trinajstić information content (AvgIpc) is 2.89. The first-order valence-electron chi connectivity index (χ1n) is 5.88. The van der Waals surface area contributed by atoms with Crippen molar-refractivity contribution in [2.45, 2.75) is 18.4 Å². The summed E-state index contributed by atoms with van der Waals surface area (Å²) in [4.78, 5) is 13.8. The Kier molecular flexibility index (Phi) is 2.29. The molecule has 2 N–H and O–H groups in total. The number of hydrogen-bond donors (Lipinski definition) is 2. The largest absolute Gasteiger partial charge is 0.409 e. The minimum Gasteiger partial charge on any atom is -0.409 e. The molecule has 7 heteroatoms. The van der Waals surface area contributed by atoms with E-state index in [1.165, 1.54) is 0 Å². The molecule has 0 aromatic carbocycles. The maximum Gasteiger partial charge on any atom is 0.224 e. The minimum atomic E-state index is -0.367. The van der Waals surface area contributed by atoms with Gasteiger partial charge in [-0.15, -0.1) is 0 Å². The molecule has 0 aliphatic carbocycles. The highest BCUT2D eigenvalue weighted by atomic mass is 16.4. The Morgan fingerprint density at radius 1 is 1.67 bits per heavy atom. The van der Waals surface area contributed by atoms with Crippen molar-refractivity contribution in [1.29, 1.82) is 0 Å². The van der Waals surface area contributed by atoms with Crippen molar-refractivity contribution in [2.24, 2.45) is 12.2 Å². The first-order valence-corrected chi connectivity index (χ1v) is 5.88. The molecule has 2 aliphatic heterocycles. The van der Waals surface area contributed by atoms with E-state index in [2.05, 4.69) is 15.6 Å². The van der Waals surface area contributed by atoms with E-state index in [1.807, 2.05) is 13.2 Å². The molecule has 7 nitrogen and oxygen atoms in total. The molecule has 3 rings (SSSR count). The lowest BCUT2D eigenvalue weighted by atomic mass is 9.92. The van der Waals surface area contributed by atoms with Gasteiger partial charge in [-0.3, -0.25) is 9.48 Å². The maximum absolute atomic E-state index is 12.0. The zero-order valence-electron chi connectivity index (χ0n) is 10.3. The summed E-state index contributed by atoms with van der Waals surface area (Å²) in [5.74, 6) is 0.681. The third-order valence-electron chi connectivity index (χ3n) is 3.81. The highest BCUT2D eigenvalue weighted by Gasteiger charge is 2.46. The van der Waals surface area contributed by atoms with Gasteiger partial charge in [-0.1, -0.05) is 5.16 Å². The molecule has 1 fully saturated rings. The summed E-state index contributed by atoms with van der Waals surface area (Å²) in [6, 6.07) is -0.367. The SMILES string of the molecule is CN/C(=N\O)[C@H]1c2c(cnn2C)[C@@H]2CC(=O)N1C2. The molecule has 0 radical (unpaired) electrons. The number of carbonyl (C=O) groups excluding carboxylic acids is 1. The van der Waals surface area contributed by atoms with Crippen LogP contribution in [-0.2, 0) is 11.8 Å². The molecule has 1 aromatic heterocycles. The van der Waals surface area contributed by atoms with Gasteiger partial charge in [0.05, 0.1) is 11.9 Å². The standard InChI is InChI=1S/C11H15N5O2/c1-12-11(14-18)10-9-7(4-13-15(9)2)6-3-8(17)16(10)5-6/h4,6,10,18H,3,5H2,1-2H3,(H,12,14)/t6-,10-/m1/s1. The second kappa shape index (κ2) is 3.72. The number of likely N-dealkylation sites (N-methyl/N-ethyl adjacent to an activating group) is 1. The fourth-order valence-electron chi connectivity index (χ4n) is 2.97. The Bertz CT molecular complexity index is 536. The van der Waals surface area contributed by atoms with E-state index in [0.717, 1.165) is 11.3 Å². The van der Waals surface area contributed by atoms with Gasteiger partial charge in [0, 0.05) is 38.5 Å². The molecule has 96 valence electrons. The van der Waals surface area contributed by atoms with Crippen LogP contribution in [0.5, 0.6) is 0 Å². The van der Waals surface area contributed by atoms with Crippen LogP contribution in [0.15, 0.2) is 11.4 Å². The monoisotopic (exact) mass is 249 g/mol. The first-order chi connectivity index (χ1) is 8.67. The maximum atomic E-state index is 12.0. The second-order valence-corrected chi connectivity index (χ2v) is 4.69. The number of aromatic nitrogens is 2. The van der Waals surface area contributed by atoms with Crippen molar-refractivity contribution in [3.63, 3.8) is 0 Å². The lowest BCUT2D eigenvalue weighted by molar-refractivity contribution is -0.128. The molecular weight excluding hydrogens is 234 g/mol. The molecule has 0 spiro atoms. The summed E-state index contributed by atoms with van der Waals surface area (Å²) in [5.41, 5.74) is 2.01. The third kappa shape index (κ3) is 1.27. The number of amidine groups is 1. The predicted molar refractivity (Wildman–Crippen MR) is 63.3 cm³/mol. The quantitative estimate of drug-likeness (QED) is 0.312. The van der Waals surface area contributed by atoms with Crippen LogP contribution in [0.3, 0.4) is 0 Å². The van der Waals surface area contributed by atoms with E-state index in [9.17, 15) is 4.79 Å². The Morgan fingerprint density at radius 3 is 3.11 bits per heavy atom. The topological polar surface area (TPSA) is 82.8 Å². The van der Waals surface area contributed by atoms with Crippen LogP contribution in [0.2, 0.25) is 0 Å². The van der Waals surface area contributed by atoms with Crippen molar-refractivity contribution >= 4 is 11.7 Å². The number of amides is 1. The molecule has 0 saturated carbocycles. The van der Waals surface area contributed by atoms with Gasteiger partial charge >= 0.3 is 0 Å². The van der Waals surface area contributed by atoms with Gasteiger partial charge < -0.3 is 15.4 Å². The number of nitrogens with zero attached hydrogens (tertiary/aromatic N) is 4.